The summed E-state index contributed by atoms with van der Waals surface area (Å²) >= 11 is 0. The van der Waals surface area contributed by atoms with Gasteiger partial charge in [-0.25, -0.2) is 9.97 Å². The fraction of sp³-hybridized carbons (Fsp3) is 0.389. The lowest BCUT2D eigenvalue weighted by atomic mass is 9.95. The van der Waals surface area contributed by atoms with E-state index in [4.69, 9.17) is 10.7 Å². The van der Waals surface area contributed by atoms with Crippen molar-refractivity contribution in [2.75, 3.05) is 25.5 Å². The Hall–Kier alpha value is -2.47. The van der Waals surface area contributed by atoms with Crippen LogP contribution in [-0.2, 0) is 0 Å². The van der Waals surface area contributed by atoms with Crippen LogP contribution in [0.1, 0.15) is 41.4 Å². The molecular weight excluding hydrogens is 302 g/mol. The number of benzene rings is 1. The van der Waals surface area contributed by atoms with Gasteiger partial charge in [0.2, 0.25) is 11.9 Å². The Kier molecular flexibility index (Phi) is 4.76. The molecule has 0 saturated carbocycles. The van der Waals surface area contributed by atoms with Gasteiger partial charge >= 0.3 is 0 Å². The monoisotopic (exact) mass is 325 g/mol. The van der Waals surface area contributed by atoms with Gasteiger partial charge < -0.3 is 16.0 Å². The maximum atomic E-state index is 11.5. The van der Waals surface area contributed by atoms with Gasteiger partial charge in [-0.1, -0.05) is 18.6 Å². The van der Waals surface area contributed by atoms with Crippen LogP contribution in [0.3, 0.4) is 0 Å². The maximum absolute atomic E-state index is 11.5. The molecular formula is C18H23N5O. The van der Waals surface area contributed by atoms with Gasteiger partial charge in [-0.15, -0.1) is 0 Å². The van der Waals surface area contributed by atoms with Gasteiger partial charge in [0.25, 0.3) is 0 Å². The summed E-state index contributed by atoms with van der Waals surface area (Å²) in [4.78, 5) is 22.6. The standard InChI is InChI=1S/C18H23N5O/c1-23(2)18-21-11-14(12-6-5-7-13(10-12)17(19)24)16(22-18)15-8-3-4-9-20-15/h5-7,10-11,15,20H,3-4,8-9H2,1-2H3,(H2,19,24)/t15-/m1/s1. The number of carbonyl (C=O) groups is 1. The zero-order valence-electron chi connectivity index (χ0n) is 14.1. The number of nitrogens with one attached hydrogen (secondary N) is 1. The van der Waals surface area contributed by atoms with Crippen LogP contribution in [0.2, 0.25) is 0 Å². The summed E-state index contributed by atoms with van der Waals surface area (Å²) in [5.74, 6) is 0.257. The Morgan fingerprint density at radius 1 is 1.33 bits per heavy atom. The number of nitrogens with two attached hydrogens (primary N) is 1. The second kappa shape index (κ2) is 6.97. The summed E-state index contributed by atoms with van der Waals surface area (Å²) in [5.41, 5.74) is 8.75. The van der Waals surface area contributed by atoms with Crippen LogP contribution >= 0.6 is 0 Å². The highest BCUT2D eigenvalue weighted by atomic mass is 16.1. The predicted octanol–water partition coefficient (Wildman–Crippen LogP) is 2.12. The first-order valence-corrected chi connectivity index (χ1v) is 8.24. The third-order valence-electron chi connectivity index (χ3n) is 4.30. The van der Waals surface area contributed by atoms with Gasteiger partial charge in [-0.2, -0.15) is 0 Å². The molecule has 1 amide bonds. The minimum absolute atomic E-state index is 0.202. The minimum atomic E-state index is -0.431. The average molecular weight is 325 g/mol. The van der Waals surface area contributed by atoms with E-state index in [-0.39, 0.29) is 6.04 Å². The molecule has 6 nitrogen and oxygen atoms in total. The predicted molar refractivity (Wildman–Crippen MR) is 94.9 cm³/mol. The number of hydrogen-bond acceptors (Lipinski definition) is 5. The molecule has 1 aliphatic rings. The molecule has 1 aromatic heterocycles. The number of aromatic nitrogens is 2. The number of hydrogen-bond donors (Lipinski definition) is 2. The number of primary amides is 1. The lowest BCUT2D eigenvalue weighted by Crippen LogP contribution is -2.28. The molecule has 3 rings (SSSR count). The molecule has 0 bridgehead atoms. The summed E-state index contributed by atoms with van der Waals surface area (Å²) in [5, 5.41) is 3.55. The molecule has 1 saturated heterocycles. The molecule has 0 spiro atoms. The van der Waals surface area contributed by atoms with Crippen LogP contribution in [0, 0.1) is 0 Å². The molecule has 1 atom stereocenters. The molecule has 3 N–H and O–H groups in total. The van der Waals surface area contributed by atoms with E-state index < -0.39 is 5.91 Å². The molecule has 1 aromatic carbocycles. The van der Waals surface area contributed by atoms with Crippen LogP contribution in [0.15, 0.2) is 30.5 Å². The Balaban J connectivity index is 2.08. The zero-order valence-corrected chi connectivity index (χ0v) is 14.1. The van der Waals surface area contributed by atoms with Crippen molar-refractivity contribution in [1.29, 1.82) is 0 Å². The van der Waals surface area contributed by atoms with Gasteiger partial charge in [0.15, 0.2) is 0 Å². The third-order valence-corrected chi connectivity index (χ3v) is 4.30. The first-order chi connectivity index (χ1) is 11.6. The highest BCUT2D eigenvalue weighted by molar-refractivity contribution is 5.94. The first kappa shape index (κ1) is 16.4. The smallest absolute Gasteiger partial charge is 0.248 e. The summed E-state index contributed by atoms with van der Waals surface area (Å²) < 4.78 is 0. The van der Waals surface area contributed by atoms with Gasteiger partial charge in [0.1, 0.15) is 0 Å². The van der Waals surface area contributed by atoms with Crippen LogP contribution in [-0.4, -0.2) is 36.5 Å². The van der Waals surface area contributed by atoms with Crippen LogP contribution in [0.5, 0.6) is 0 Å². The largest absolute Gasteiger partial charge is 0.366 e. The maximum Gasteiger partial charge on any atom is 0.248 e. The van der Waals surface area contributed by atoms with Crippen molar-refractivity contribution in [1.82, 2.24) is 15.3 Å². The Labute approximate surface area is 142 Å². The van der Waals surface area contributed by atoms with Crippen molar-refractivity contribution >= 4 is 11.9 Å². The van der Waals surface area contributed by atoms with E-state index in [2.05, 4.69) is 10.3 Å². The van der Waals surface area contributed by atoms with E-state index in [1.165, 1.54) is 12.8 Å². The highest BCUT2D eigenvalue weighted by Gasteiger charge is 2.22. The number of rotatable bonds is 4. The lowest BCUT2D eigenvalue weighted by molar-refractivity contribution is 0.100. The Morgan fingerprint density at radius 2 is 2.17 bits per heavy atom. The van der Waals surface area contributed by atoms with Gasteiger partial charge in [0.05, 0.1) is 11.7 Å². The van der Waals surface area contributed by atoms with Crippen molar-refractivity contribution in [2.45, 2.75) is 25.3 Å². The van der Waals surface area contributed by atoms with Gasteiger partial charge in [-0.05, 0) is 37.1 Å². The molecule has 2 aromatic rings. The van der Waals surface area contributed by atoms with E-state index in [9.17, 15) is 4.79 Å². The first-order valence-electron chi connectivity index (χ1n) is 8.24. The molecule has 126 valence electrons. The summed E-state index contributed by atoms with van der Waals surface area (Å²) in [6.45, 7) is 0.993. The lowest BCUT2D eigenvalue weighted by Gasteiger charge is -2.26. The van der Waals surface area contributed by atoms with Crippen LogP contribution in [0.4, 0.5) is 5.95 Å². The normalized spacial score (nSPS) is 17.5. The summed E-state index contributed by atoms with van der Waals surface area (Å²) in [6, 6.07) is 7.54. The van der Waals surface area contributed by atoms with Crippen molar-refractivity contribution in [3.8, 4) is 11.1 Å². The molecule has 24 heavy (non-hydrogen) atoms. The third kappa shape index (κ3) is 3.38. The van der Waals surface area contributed by atoms with Crippen molar-refractivity contribution < 1.29 is 4.79 Å². The molecule has 2 heterocycles. The summed E-state index contributed by atoms with van der Waals surface area (Å²) in [6.07, 6.45) is 5.26. The number of carbonyl (C=O) groups excluding carboxylic acids is 1. The number of amides is 1. The van der Waals surface area contributed by atoms with E-state index >= 15 is 0 Å². The van der Waals surface area contributed by atoms with Crippen LogP contribution in [0.25, 0.3) is 11.1 Å². The zero-order chi connectivity index (χ0) is 17.1. The topological polar surface area (TPSA) is 84.1 Å². The van der Waals surface area contributed by atoms with Crippen molar-refractivity contribution in [3.05, 3.63) is 41.7 Å². The second-order valence-electron chi connectivity index (χ2n) is 6.31. The fourth-order valence-corrected chi connectivity index (χ4v) is 3.01. The quantitative estimate of drug-likeness (QED) is 0.899. The van der Waals surface area contributed by atoms with E-state index in [1.54, 1.807) is 6.07 Å². The number of anilines is 1. The number of piperidine rings is 1. The van der Waals surface area contributed by atoms with E-state index in [1.807, 2.05) is 43.4 Å². The molecule has 0 unspecified atom stereocenters. The van der Waals surface area contributed by atoms with Gasteiger partial charge in [-0.3, -0.25) is 4.79 Å². The summed E-state index contributed by atoms with van der Waals surface area (Å²) in [7, 11) is 3.86. The van der Waals surface area contributed by atoms with Crippen molar-refractivity contribution in [2.24, 2.45) is 5.73 Å². The molecule has 0 radical (unpaired) electrons. The fourth-order valence-electron chi connectivity index (χ4n) is 3.01. The Bertz CT molecular complexity index is 738. The van der Waals surface area contributed by atoms with E-state index in [0.29, 0.717) is 11.5 Å². The number of nitrogens with zero attached hydrogens (tertiary/aromatic N) is 3. The molecule has 6 heteroatoms. The van der Waals surface area contributed by atoms with Crippen LogP contribution < -0.4 is 16.0 Å². The molecule has 1 aliphatic heterocycles. The highest BCUT2D eigenvalue weighted by Crippen LogP contribution is 2.32. The minimum Gasteiger partial charge on any atom is -0.366 e. The van der Waals surface area contributed by atoms with Gasteiger partial charge in [0, 0.05) is 31.4 Å². The average Bonchev–Trinajstić information content (AvgIpc) is 2.62. The Morgan fingerprint density at radius 3 is 2.83 bits per heavy atom. The molecule has 1 fully saturated rings. The van der Waals surface area contributed by atoms with Crippen molar-refractivity contribution in [3.63, 3.8) is 0 Å². The molecule has 0 aliphatic carbocycles. The SMILES string of the molecule is CN(C)c1ncc(-c2cccc(C(N)=O)c2)c([C@H]2CCCCN2)n1. The van der Waals surface area contributed by atoms with E-state index in [0.717, 1.165) is 29.8 Å². The second-order valence-corrected chi connectivity index (χ2v) is 6.31.